The molecule has 2 aliphatic heterocycles. The molecule has 0 N–H and O–H groups in total. The van der Waals surface area contributed by atoms with E-state index in [1.807, 2.05) is 0 Å². The van der Waals surface area contributed by atoms with E-state index < -0.39 is 0 Å². The lowest BCUT2D eigenvalue weighted by Crippen LogP contribution is -2.42. The van der Waals surface area contributed by atoms with Gasteiger partial charge in [-0.05, 0) is 72.6 Å². The summed E-state index contributed by atoms with van der Waals surface area (Å²) in [5.74, 6) is 0. The Bertz CT molecular complexity index is 246. The Kier molecular flexibility index (Phi) is 6.57. The van der Waals surface area contributed by atoms with Crippen LogP contribution in [-0.4, -0.2) is 99.1 Å². The smallest absolute Gasteiger partial charge is 0.0110 e. The number of hydrogen-bond donors (Lipinski definition) is 0. The van der Waals surface area contributed by atoms with Crippen molar-refractivity contribution in [2.24, 2.45) is 0 Å². The van der Waals surface area contributed by atoms with Crippen LogP contribution in [-0.2, 0) is 0 Å². The zero-order valence-electron chi connectivity index (χ0n) is 13.0. The summed E-state index contributed by atoms with van der Waals surface area (Å²) in [6, 6.07) is 0. The molecule has 4 heteroatoms. The molecule has 0 aromatic carbocycles. The molecule has 0 aromatic rings. The second kappa shape index (κ2) is 8.20. The minimum Gasteiger partial charge on any atom is -0.306 e. The van der Waals surface area contributed by atoms with Crippen LogP contribution in [0.4, 0.5) is 0 Å². The van der Waals surface area contributed by atoms with Crippen LogP contribution in [0.3, 0.4) is 0 Å². The third kappa shape index (κ3) is 5.78. The summed E-state index contributed by atoms with van der Waals surface area (Å²) in [5.41, 5.74) is 0. The lowest BCUT2D eigenvalue weighted by molar-refractivity contribution is 0.162. The van der Waals surface area contributed by atoms with Gasteiger partial charge in [0.1, 0.15) is 0 Å². The van der Waals surface area contributed by atoms with Crippen LogP contribution in [0.1, 0.15) is 19.3 Å². The molecule has 4 nitrogen and oxygen atoms in total. The number of likely N-dealkylation sites (N-methyl/N-ethyl adjacent to an activating group) is 1. The van der Waals surface area contributed by atoms with Gasteiger partial charge >= 0.3 is 0 Å². The van der Waals surface area contributed by atoms with Gasteiger partial charge in [0.15, 0.2) is 0 Å². The van der Waals surface area contributed by atoms with E-state index in [4.69, 9.17) is 0 Å². The molecular formula is C15H32N4. The van der Waals surface area contributed by atoms with Crippen LogP contribution in [0.15, 0.2) is 0 Å². The number of nitrogens with zero attached hydrogens (tertiary/aromatic N) is 4. The predicted molar refractivity (Wildman–Crippen MR) is 81.7 cm³/mol. The minimum atomic E-state index is 1.23. The maximum atomic E-state index is 2.69. The predicted octanol–water partition coefficient (Wildman–Crippen LogP) is 0.652. The maximum Gasteiger partial charge on any atom is 0.0110 e. The van der Waals surface area contributed by atoms with Gasteiger partial charge in [-0.25, -0.2) is 0 Å². The Morgan fingerprint density at radius 2 is 0.789 bits per heavy atom. The average Bonchev–Trinajstić information content (AvgIpc) is 2.43. The summed E-state index contributed by atoms with van der Waals surface area (Å²) in [4.78, 5) is 10.4. The van der Waals surface area contributed by atoms with Gasteiger partial charge in [-0.2, -0.15) is 0 Å². The lowest BCUT2D eigenvalue weighted by Gasteiger charge is -2.31. The second-order valence-corrected chi connectivity index (χ2v) is 6.35. The van der Waals surface area contributed by atoms with Crippen LogP contribution >= 0.6 is 0 Å². The molecule has 2 unspecified atom stereocenters. The van der Waals surface area contributed by atoms with Crippen molar-refractivity contribution in [2.75, 3.05) is 79.5 Å². The Morgan fingerprint density at radius 1 is 0.421 bits per heavy atom. The minimum absolute atomic E-state index is 1.23. The SMILES string of the molecule is CN1CCCN2CCCN(C)CCN(CCC1)CC2. The molecule has 0 saturated carbocycles. The topological polar surface area (TPSA) is 13.0 Å². The largest absolute Gasteiger partial charge is 0.306 e. The fourth-order valence-electron chi connectivity index (χ4n) is 3.18. The zero-order chi connectivity index (χ0) is 13.5. The van der Waals surface area contributed by atoms with Crippen LogP contribution in [0.25, 0.3) is 0 Å². The molecular weight excluding hydrogens is 236 g/mol. The molecule has 0 amide bonds. The third-order valence-corrected chi connectivity index (χ3v) is 4.57. The van der Waals surface area contributed by atoms with Gasteiger partial charge < -0.3 is 19.6 Å². The Labute approximate surface area is 119 Å². The molecule has 19 heavy (non-hydrogen) atoms. The van der Waals surface area contributed by atoms with E-state index in [2.05, 4.69) is 33.7 Å². The summed E-state index contributed by atoms with van der Waals surface area (Å²) in [5, 5.41) is 0. The van der Waals surface area contributed by atoms with Crippen molar-refractivity contribution in [2.45, 2.75) is 19.3 Å². The first-order valence-electron chi connectivity index (χ1n) is 8.06. The van der Waals surface area contributed by atoms with Crippen molar-refractivity contribution in [1.82, 2.24) is 19.6 Å². The van der Waals surface area contributed by atoms with E-state index in [0.29, 0.717) is 0 Å². The van der Waals surface area contributed by atoms with Crippen LogP contribution in [0, 0.1) is 0 Å². The molecule has 2 fully saturated rings. The van der Waals surface area contributed by atoms with E-state index in [1.165, 1.54) is 84.7 Å². The monoisotopic (exact) mass is 268 g/mol. The fourth-order valence-corrected chi connectivity index (χ4v) is 3.18. The van der Waals surface area contributed by atoms with Crippen LogP contribution in [0.5, 0.6) is 0 Å². The average molecular weight is 268 g/mol. The van der Waals surface area contributed by atoms with Gasteiger partial charge in [0, 0.05) is 26.2 Å². The quantitative estimate of drug-likeness (QED) is 0.639. The Balaban J connectivity index is 1.95. The fraction of sp³-hybridized carbons (Fsp3) is 1.00. The van der Waals surface area contributed by atoms with Gasteiger partial charge in [0.2, 0.25) is 0 Å². The van der Waals surface area contributed by atoms with E-state index in [9.17, 15) is 0 Å². The highest BCUT2D eigenvalue weighted by atomic mass is 15.2. The van der Waals surface area contributed by atoms with Crippen LogP contribution in [0.2, 0.25) is 0 Å². The van der Waals surface area contributed by atoms with E-state index in [1.54, 1.807) is 0 Å². The molecule has 0 radical (unpaired) electrons. The molecule has 2 rings (SSSR count). The van der Waals surface area contributed by atoms with Gasteiger partial charge in [-0.15, -0.1) is 0 Å². The summed E-state index contributed by atoms with van der Waals surface area (Å²) in [7, 11) is 4.55. The number of hydrogen-bond acceptors (Lipinski definition) is 4. The first-order chi connectivity index (χ1) is 9.24. The molecule has 2 atom stereocenters. The van der Waals surface area contributed by atoms with Crippen molar-refractivity contribution in [3.8, 4) is 0 Å². The Hall–Kier alpha value is -0.160. The molecule has 112 valence electrons. The van der Waals surface area contributed by atoms with Gasteiger partial charge in [-0.1, -0.05) is 0 Å². The third-order valence-electron chi connectivity index (χ3n) is 4.57. The zero-order valence-corrected chi connectivity index (χ0v) is 13.0. The molecule has 2 aliphatic rings. The van der Waals surface area contributed by atoms with E-state index >= 15 is 0 Å². The number of rotatable bonds is 0. The highest BCUT2D eigenvalue weighted by Gasteiger charge is 2.14. The summed E-state index contributed by atoms with van der Waals surface area (Å²) >= 11 is 0. The highest BCUT2D eigenvalue weighted by molar-refractivity contribution is 4.71. The molecule has 2 bridgehead atoms. The van der Waals surface area contributed by atoms with Crippen molar-refractivity contribution in [3.63, 3.8) is 0 Å². The normalized spacial score (nSPS) is 33.8. The van der Waals surface area contributed by atoms with Gasteiger partial charge in [-0.3, -0.25) is 0 Å². The molecule has 2 heterocycles. The van der Waals surface area contributed by atoms with Gasteiger partial charge in [0.05, 0.1) is 0 Å². The number of fused-ring (bicyclic) bond motifs is 3. The van der Waals surface area contributed by atoms with E-state index in [0.717, 1.165) is 0 Å². The molecule has 0 aromatic heterocycles. The molecule has 0 spiro atoms. The maximum absolute atomic E-state index is 2.69. The van der Waals surface area contributed by atoms with Gasteiger partial charge in [0.25, 0.3) is 0 Å². The van der Waals surface area contributed by atoms with Crippen molar-refractivity contribution in [3.05, 3.63) is 0 Å². The summed E-state index contributed by atoms with van der Waals surface area (Å²) < 4.78 is 0. The molecule has 2 saturated heterocycles. The Morgan fingerprint density at radius 3 is 1.32 bits per heavy atom. The molecule has 0 aliphatic carbocycles. The van der Waals surface area contributed by atoms with E-state index in [-0.39, 0.29) is 0 Å². The lowest BCUT2D eigenvalue weighted by atomic mass is 10.2. The first kappa shape index (κ1) is 15.2. The van der Waals surface area contributed by atoms with Crippen molar-refractivity contribution >= 4 is 0 Å². The van der Waals surface area contributed by atoms with Crippen molar-refractivity contribution in [1.29, 1.82) is 0 Å². The van der Waals surface area contributed by atoms with Crippen molar-refractivity contribution < 1.29 is 0 Å². The second-order valence-electron chi connectivity index (χ2n) is 6.35. The first-order valence-corrected chi connectivity index (χ1v) is 8.06. The summed E-state index contributed by atoms with van der Waals surface area (Å²) in [6.07, 6.45) is 3.97. The standard InChI is InChI=1S/C15H32N4/c1-16-6-3-9-18-10-5-8-17(2)12-13-19(15-14-18)11-4-7-16/h3-15H2,1-2H3. The summed E-state index contributed by atoms with van der Waals surface area (Å²) in [6.45, 7) is 12.6. The highest BCUT2D eigenvalue weighted by Crippen LogP contribution is 2.05. The van der Waals surface area contributed by atoms with Crippen LogP contribution < -0.4 is 0 Å².